The van der Waals surface area contributed by atoms with Crippen LogP contribution in [0.1, 0.15) is 79.1 Å². The smallest absolute Gasteiger partial charge is 0.410 e. The molecule has 2 saturated heterocycles. The third-order valence-electron chi connectivity index (χ3n) is 4.99. The van der Waals surface area contributed by atoms with Crippen LogP contribution in [-0.4, -0.2) is 52.6 Å². The zero-order chi connectivity index (χ0) is 17.8. The minimum absolute atomic E-state index is 0.0759. The first-order valence-corrected chi connectivity index (χ1v) is 9.55. The number of amides is 1. The molecule has 2 fully saturated rings. The normalized spacial score (nSPS) is 30.3. The summed E-state index contributed by atoms with van der Waals surface area (Å²) in [6.07, 6.45) is 7.72. The van der Waals surface area contributed by atoms with Gasteiger partial charge in [-0.15, -0.1) is 0 Å². The van der Waals surface area contributed by atoms with Crippen molar-refractivity contribution in [1.29, 1.82) is 0 Å². The van der Waals surface area contributed by atoms with E-state index in [1.54, 1.807) is 0 Å². The number of fused-ring (bicyclic) bond motifs is 2. The maximum absolute atomic E-state index is 12.5. The predicted molar refractivity (Wildman–Crippen MR) is 94.0 cm³/mol. The molecule has 140 valence electrons. The van der Waals surface area contributed by atoms with Gasteiger partial charge in [-0.05, 0) is 40.0 Å². The Balaban J connectivity index is 1.93. The minimum Gasteiger partial charge on any atom is -0.444 e. The van der Waals surface area contributed by atoms with Crippen molar-refractivity contribution in [3.05, 3.63) is 0 Å². The van der Waals surface area contributed by atoms with Crippen molar-refractivity contribution in [2.24, 2.45) is 0 Å². The highest BCUT2D eigenvalue weighted by atomic mass is 16.6. The number of carbonyl (C=O) groups is 1. The van der Waals surface area contributed by atoms with Gasteiger partial charge in [0.25, 0.3) is 0 Å². The SMILES string of the molecule is CCCCCCCC1(O)CC2COCC(C1)N2C(=O)OC(C)(C)C. The Kier molecular flexibility index (Phi) is 6.54. The quantitative estimate of drug-likeness (QED) is 0.745. The molecule has 2 heterocycles. The molecule has 0 spiro atoms. The fraction of sp³-hybridized carbons (Fsp3) is 0.947. The van der Waals surface area contributed by atoms with Crippen molar-refractivity contribution in [3.63, 3.8) is 0 Å². The molecule has 24 heavy (non-hydrogen) atoms. The lowest BCUT2D eigenvalue weighted by Crippen LogP contribution is -2.64. The molecule has 0 aromatic carbocycles. The number of ether oxygens (including phenoxy) is 2. The number of hydrogen-bond donors (Lipinski definition) is 1. The summed E-state index contributed by atoms with van der Waals surface area (Å²) < 4.78 is 11.2. The zero-order valence-electron chi connectivity index (χ0n) is 15.8. The van der Waals surface area contributed by atoms with Crippen LogP contribution in [0, 0.1) is 0 Å². The molecular formula is C19H35NO4. The van der Waals surface area contributed by atoms with Gasteiger partial charge >= 0.3 is 6.09 Å². The van der Waals surface area contributed by atoms with Crippen LogP contribution < -0.4 is 0 Å². The molecule has 2 atom stereocenters. The van der Waals surface area contributed by atoms with Gasteiger partial charge in [0, 0.05) is 0 Å². The lowest BCUT2D eigenvalue weighted by atomic mass is 9.78. The number of piperidine rings is 1. The van der Waals surface area contributed by atoms with Crippen LogP contribution in [0.25, 0.3) is 0 Å². The van der Waals surface area contributed by atoms with E-state index in [1.165, 1.54) is 25.7 Å². The Bertz CT molecular complexity index is 404. The molecule has 1 amide bonds. The van der Waals surface area contributed by atoms with Crippen molar-refractivity contribution in [1.82, 2.24) is 4.90 Å². The molecule has 2 aliphatic rings. The van der Waals surface area contributed by atoms with E-state index in [4.69, 9.17) is 9.47 Å². The topological polar surface area (TPSA) is 59.0 Å². The highest BCUT2D eigenvalue weighted by molar-refractivity contribution is 5.69. The largest absolute Gasteiger partial charge is 0.444 e. The van der Waals surface area contributed by atoms with Crippen LogP contribution in [0.2, 0.25) is 0 Å². The van der Waals surface area contributed by atoms with Gasteiger partial charge in [-0.3, -0.25) is 4.90 Å². The number of rotatable bonds is 6. The summed E-state index contributed by atoms with van der Waals surface area (Å²) in [5.74, 6) is 0. The molecule has 2 rings (SSSR count). The van der Waals surface area contributed by atoms with Crippen LogP contribution in [0.5, 0.6) is 0 Å². The van der Waals surface area contributed by atoms with E-state index < -0.39 is 11.2 Å². The second-order valence-electron chi connectivity index (χ2n) is 8.53. The summed E-state index contributed by atoms with van der Waals surface area (Å²) in [6, 6.07) is -0.152. The summed E-state index contributed by atoms with van der Waals surface area (Å²) in [6.45, 7) is 8.85. The first-order valence-electron chi connectivity index (χ1n) is 9.55. The van der Waals surface area contributed by atoms with Crippen molar-refractivity contribution >= 4 is 6.09 Å². The number of nitrogens with zero attached hydrogens (tertiary/aromatic N) is 1. The maximum Gasteiger partial charge on any atom is 0.410 e. The third kappa shape index (κ3) is 5.35. The molecule has 2 bridgehead atoms. The maximum atomic E-state index is 12.5. The summed E-state index contributed by atoms with van der Waals surface area (Å²) in [4.78, 5) is 14.4. The Morgan fingerprint density at radius 2 is 1.75 bits per heavy atom. The monoisotopic (exact) mass is 341 g/mol. The van der Waals surface area contributed by atoms with E-state index >= 15 is 0 Å². The Morgan fingerprint density at radius 1 is 1.17 bits per heavy atom. The molecule has 0 radical (unpaired) electrons. The average Bonchev–Trinajstić information content (AvgIpc) is 2.44. The van der Waals surface area contributed by atoms with Crippen LogP contribution in [-0.2, 0) is 9.47 Å². The minimum atomic E-state index is -0.663. The van der Waals surface area contributed by atoms with Gasteiger partial charge in [0.15, 0.2) is 0 Å². The summed E-state index contributed by atoms with van der Waals surface area (Å²) >= 11 is 0. The Labute approximate surface area is 146 Å². The van der Waals surface area contributed by atoms with Gasteiger partial charge in [-0.25, -0.2) is 4.79 Å². The van der Waals surface area contributed by atoms with Gasteiger partial charge in [-0.1, -0.05) is 39.0 Å². The summed E-state index contributed by atoms with van der Waals surface area (Å²) in [5, 5.41) is 11.0. The first-order chi connectivity index (χ1) is 11.2. The van der Waals surface area contributed by atoms with Crippen LogP contribution >= 0.6 is 0 Å². The number of hydrogen-bond acceptors (Lipinski definition) is 4. The third-order valence-corrected chi connectivity index (χ3v) is 4.99. The van der Waals surface area contributed by atoms with E-state index in [9.17, 15) is 9.90 Å². The second-order valence-corrected chi connectivity index (χ2v) is 8.53. The second kappa shape index (κ2) is 8.05. The number of carbonyl (C=O) groups excluding carboxylic acids is 1. The van der Waals surface area contributed by atoms with Gasteiger partial charge in [-0.2, -0.15) is 0 Å². The molecule has 5 nitrogen and oxygen atoms in total. The lowest BCUT2D eigenvalue weighted by Gasteiger charge is -2.51. The van der Waals surface area contributed by atoms with Gasteiger partial charge in [0.2, 0.25) is 0 Å². The van der Waals surface area contributed by atoms with Crippen molar-refractivity contribution in [2.75, 3.05) is 13.2 Å². The molecule has 0 aromatic heterocycles. The van der Waals surface area contributed by atoms with Gasteiger partial charge in [0.05, 0.1) is 30.9 Å². The Hall–Kier alpha value is -0.810. The fourth-order valence-corrected chi connectivity index (χ4v) is 3.95. The van der Waals surface area contributed by atoms with Gasteiger partial charge < -0.3 is 14.6 Å². The zero-order valence-corrected chi connectivity index (χ0v) is 15.8. The van der Waals surface area contributed by atoms with E-state index in [0.29, 0.717) is 26.1 Å². The highest BCUT2D eigenvalue weighted by Gasteiger charge is 2.48. The molecule has 5 heteroatoms. The molecule has 2 aliphatic heterocycles. The molecule has 0 aromatic rings. The summed E-state index contributed by atoms with van der Waals surface area (Å²) in [7, 11) is 0. The molecule has 0 aliphatic carbocycles. The number of morpholine rings is 1. The van der Waals surface area contributed by atoms with E-state index in [-0.39, 0.29) is 18.2 Å². The number of unbranched alkanes of at least 4 members (excludes halogenated alkanes) is 4. The molecule has 2 unspecified atom stereocenters. The van der Waals surface area contributed by atoms with Crippen molar-refractivity contribution in [2.45, 2.75) is 102 Å². The molecule has 0 saturated carbocycles. The Morgan fingerprint density at radius 3 is 2.29 bits per heavy atom. The van der Waals surface area contributed by atoms with Crippen molar-refractivity contribution in [3.8, 4) is 0 Å². The van der Waals surface area contributed by atoms with E-state index in [2.05, 4.69) is 6.92 Å². The molecular weight excluding hydrogens is 306 g/mol. The van der Waals surface area contributed by atoms with E-state index in [1.807, 2.05) is 25.7 Å². The number of aliphatic hydroxyl groups is 1. The summed E-state index contributed by atoms with van der Waals surface area (Å²) in [5.41, 5.74) is -1.16. The van der Waals surface area contributed by atoms with Crippen molar-refractivity contribution < 1.29 is 19.4 Å². The highest BCUT2D eigenvalue weighted by Crippen LogP contribution is 2.38. The van der Waals surface area contributed by atoms with Crippen LogP contribution in [0.3, 0.4) is 0 Å². The van der Waals surface area contributed by atoms with E-state index in [0.717, 1.165) is 12.8 Å². The first kappa shape index (κ1) is 19.5. The standard InChI is InChI=1S/C19H35NO4/c1-5-6-7-8-9-10-19(22)11-15-13-23-14-16(12-19)20(15)17(21)24-18(2,3)4/h15-16,22H,5-14H2,1-4H3. The average molecular weight is 341 g/mol. The van der Waals surface area contributed by atoms with Crippen LogP contribution in [0.4, 0.5) is 4.79 Å². The molecule has 1 N–H and O–H groups in total. The lowest BCUT2D eigenvalue weighted by molar-refractivity contribution is -0.140. The predicted octanol–water partition coefficient (Wildman–Crippen LogP) is 3.88. The van der Waals surface area contributed by atoms with Crippen LogP contribution in [0.15, 0.2) is 0 Å². The van der Waals surface area contributed by atoms with Gasteiger partial charge in [0.1, 0.15) is 5.60 Å². The fourth-order valence-electron chi connectivity index (χ4n) is 3.95.